The van der Waals surface area contributed by atoms with Crippen molar-refractivity contribution in [3.8, 4) is 11.1 Å². The highest BCUT2D eigenvalue weighted by Gasteiger charge is 2.30. The van der Waals surface area contributed by atoms with E-state index in [1.807, 2.05) is 6.92 Å². The minimum absolute atomic E-state index is 0.0750. The maximum Gasteiger partial charge on any atom is 0.303 e. The molecule has 0 bridgehead atoms. The summed E-state index contributed by atoms with van der Waals surface area (Å²) in [6.45, 7) is 6.26. The number of likely N-dealkylation sites (N-methyl/N-ethyl adjacent to an activating group) is 1. The Balaban J connectivity index is 1.41. The van der Waals surface area contributed by atoms with Crippen LogP contribution in [0.4, 0.5) is 4.39 Å². The van der Waals surface area contributed by atoms with Gasteiger partial charge in [-0.25, -0.2) is 12.8 Å². The zero-order valence-electron chi connectivity index (χ0n) is 25.4. The summed E-state index contributed by atoms with van der Waals surface area (Å²) in [4.78, 5) is 11.2. The number of rotatable bonds is 14. The van der Waals surface area contributed by atoms with Crippen molar-refractivity contribution in [2.75, 3.05) is 20.1 Å². The van der Waals surface area contributed by atoms with E-state index in [0.717, 1.165) is 19.3 Å². The largest absolute Gasteiger partial charge is 0.481 e. The summed E-state index contributed by atoms with van der Waals surface area (Å²) in [6, 6.07) is 17.6. The van der Waals surface area contributed by atoms with E-state index in [1.165, 1.54) is 40.7 Å². The summed E-state index contributed by atoms with van der Waals surface area (Å²) in [6.07, 6.45) is 2.68. The number of sulfonamides is 1. The molecule has 7 nitrogen and oxygen atoms in total. The highest BCUT2D eigenvalue weighted by atomic mass is 32.2. The third-order valence-electron chi connectivity index (χ3n) is 8.34. The smallest absolute Gasteiger partial charge is 0.303 e. The van der Waals surface area contributed by atoms with Crippen LogP contribution in [0.15, 0.2) is 65.6 Å². The van der Waals surface area contributed by atoms with Gasteiger partial charge in [-0.2, -0.15) is 4.31 Å². The zero-order valence-corrected chi connectivity index (χ0v) is 26.3. The number of aryl methyl sites for hydroxylation is 2. The van der Waals surface area contributed by atoms with E-state index >= 15 is 0 Å². The van der Waals surface area contributed by atoms with Gasteiger partial charge in [0, 0.05) is 32.1 Å². The number of carboxylic acids is 1. The summed E-state index contributed by atoms with van der Waals surface area (Å²) in [7, 11) is -2.46. The summed E-state index contributed by atoms with van der Waals surface area (Å²) < 4.78 is 42.5. The third kappa shape index (κ3) is 8.29. The monoisotopic (exact) mass is 610 g/mol. The molecule has 0 aromatic heterocycles. The number of aliphatic hydroxyl groups excluding tert-OH is 1. The average molecular weight is 611 g/mol. The second kappa shape index (κ2) is 13.7. The number of fused-ring (bicyclic) bond motifs is 1. The van der Waals surface area contributed by atoms with Crippen LogP contribution in [0.3, 0.4) is 0 Å². The molecular formula is C34H43FN2O5S. The Bertz CT molecular complexity index is 1530. The maximum absolute atomic E-state index is 14.2. The first-order valence-corrected chi connectivity index (χ1v) is 16.3. The van der Waals surface area contributed by atoms with Gasteiger partial charge in [-0.3, -0.25) is 4.79 Å². The van der Waals surface area contributed by atoms with Gasteiger partial charge in [-0.15, -0.1) is 0 Å². The number of carboxylic acid groups (broad SMARTS) is 1. The van der Waals surface area contributed by atoms with Crippen molar-refractivity contribution in [1.82, 2.24) is 9.62 Å². The molecule has 0 saturated heterocycles. The molecule has 0 aliphatic heterocycles. The van der Waals surface area contributed by atoms with Crippen LogP contribution in [0.25, 0.3) is 11.1 Å². The summed E-state index contributed by atoms with van der Waals surface area (Å²) in [5.74, 6) is -0.881. The Morgan fingerprint density at radius 1 is 1.07 bits per heavy atom. The number of aliphatic hydroxyl groups is 1. The van der Waals surface area contributed by atoms with Crippen LogP contribution < -0.4 is 5.32 Å². The lowest BCUT2D eigenvalue weighted by Gasteiger charge is -2.31. The number of carbonyl (C=O) groups is 1. The molecule has 1 aliphatic rings. The summed E-state index contributed by atoms with van der Waals surface area (Å²) in [5.41, 5.74) is 4.98. The van der Waals surface area contributed by atoms with E-state index < -0.39 is 27.9 Å². The van der Waals surface area contributed by atoms with Gasteiger partial charge < -0.3 is 15.5 Å². The van der Waals surface area contributed by atoms with Crippen LogP contribution in [0, 0.1) is 11.7 Å². The van der Waals surface area contributed by atoms with Crippen molar-refractivity contribution in [3.05, 3.63) is 88.7 Å². The van der Waals surface area contributed by atoms with Crippen LogP contribution in [0.2, 0.25) is 0 Å². The summed E-state index contributed by atoms with van der Waals surface area (Å²) in [5, 5.41) is 23.4. The molecule has 0 heterocycles. The lowest BCUT2D eigenvalue weighted by Crippen LogP contribution is -2.47. The second-order valence-electron chi connectivity index (χ2n) is 12.3. The van der Waals surface area contributed by atoms with E-state index in [9.17, 15) is 22.7 Å². The lowest BCUT2D eigenvalue weighted by molar-refractivity contribution is -0.136. The Labute approximate surface area is 254 Å². The fraction of sp³-hybridized carbons (Fsp3) is 0.441. The molecule has 9 heteroatoms. The molecule has 3 N–H and O–H groups in total. The minimum atomic E-state index is -3.92. The molecule has 0 saturated carbocycles. The fourth-order valence-corrected chi connectivity index (χ4v) is 7.64. The molecular weight excluding hydrogens is 567 g/mol. The molecule has 0 amide bonds. The maximum atomic E-state index is 14.2. The van der Waals surface area contributed by atoms with Gasteiger partial charge in [0.05, 0.1) is 11.0 Å². The SMILES string of the molecule is CCc1cc(-c2cc(F)ccc2CCC(=O)O)ccc1S(=O)(=O)N(C)CC(O)CNC(C)(C)CC1Cc2ccccc2C1. The van der Waals surface area contributed by atoms with Gasteiger partial charge in [0.1, 0.15) is 5.82 Å². The molecule has 0 radical (unpaired) electrons. The molecule has 232 valence electrons. The normalized spacial score (nSPS) is 14.7. The third-order valence-corrected chi connectivity index (χ3v) is 10.3. The zero-order chi connectivity index (χ0) is 31.4. The minimum Gasteiger partial charge on any atom is -0.481 e. The topological polar surface area (TPSA) is 107 Å². The van der Waals surface area contributed by atoms with E-state index in [4.69, 9.17) is 5.11 Å². The van der Waals surface area contributed by atoms with Crippen molar-refractivity contribution < 1.29 is 27.8 Å². The number of hydrogen-bond acceptors (Lipinski definition) is 5. The van der Waals surface area contributed by atoms with Crippen LogP contribution >= 0.6 is 0 Å². The van der Waals surface area contributed by atoms with Gasteiger partial charge in [-0.05, 0) is 110 Å². The molecule has 0 spiro atoms. The molecule has 3 aromatic rings. The number of nitrogens with zero attached hydrogens (tertiary/aromatic N) is 1. The predicted octanol–water partition coefficient (Wildman–Crippen LogP) is 5.23. The number of aliphatic carboxylic acids is 1. The fourth-order valence-electron chi connectivity index (χ4n) is 6.16. The molecule has 1 unspecified atom stereocenters. The first-order valence-electron chi connectivity index (χ1n) is 14.9. The van der Waals surface area contributed by atoms with Crippen molar-refractivity contribution in [2.45, 2.75) is 75.8 Å². The number of hydrogen-bond donors (Lipinski definition) is 3. The molecule has 0 fully saturated rings. The highest BCUT2D eigenvalue weighted by Crippen LogP contribution is 2.33. The number of benzene rings is 3. The Hall–Kier alpha value is -3.11. The quantitative estimate of drug-likeness (QED) is 0.231. The van der Waals surface area contributed by atoms with E-state index in [0.29, 0.717) is 34.6 Å². The predicted molar refractivity (Wildman–Crippen MR) is 167 cm³/mol. The van der Waals surface area contributed by atoms with Crippen LogP contribution in [-0.2, 0) is 40.5 Å². The van der Waals surface area contributed by atoms with Crippen molar-refractivity contribution in [3.63, 3.8) is 0 Å². The Morgan fingerprint density at radius 3 is 2.37 bits per heavy atom. The standard InChI is InChI=1S/C34H43FN2O5S/c1-5-24-18-28(31-19-29(35)13-10-25(31)12-15-33(39)40)11-14-32(24)43(41,42)37(4)22-30(38)21-36-34(2,3)20-23-16-26-8-6-7-9-27(26)17-23/h6-11,13-14,18-19,23,30,36,38H,5,12,15-17,20-22H2,1-4H3,(H,39,40). The first kappa shape index (κ1) is 32.8. The Morgan fingerprint density at radius 2 is 1.74 bits per heavy atom. The molecule has 4 rings (SSSR count). The summed E-state index contributed by atoms with van der Waals surface area (Å²) >= 11 is 0. The molecule has 43 heavy (non-hydrogen) atoms. The van der Waals surface area contributed by atoms with Crippen molar-refractivity contribution in [2.24, 2.45) is 5.92 Å². The molecule has 1 atom stereocenters. The van der Waals surface area contributed by atoms with E-state index in [-0.39, 0.29) is 36.4 Å². The van der Waals surface area contributed by atoms with Gasteiger partial charge in [0.25, 0.3) is 0 Å². The van der Waals surface area contributed by atoms with Crippen molar-refractivity contribution in [1.29, 1.82) is 0 Å². The second-order valence-corrected chi connectivity index (χ2v) is 14.3. The number of β-amino-alcohol motifs (C(OH)–C–C–N with tert-alkyl or cyclic N) is 1. The van der Waals surface area contributed by atoms with E-state index in [1.54, 1.807) is 18.2 Å². The van der Waals surface area contributed by atoms with E-state index in [2.05, 4.69) is 43.4 Å². The first-order chi connectivity index (χ1) is 20.3. The van der Waals surface area contributed by atoms with Crippen molar-refractivity contribution >= 4 is 16.0 Å². The Kier molecular flexibility index (Phi) is 10.4. The van der Waals surface area contributed by atoms with Gasteiger partial charge in [0.2, 0.25) is 10.0 Å². The number of halogens is 1. The van der Waals surface area contributed by atoms with Crippen LogP contribution in [-0.4, -0.2) is 60.7 Å². The average Bonchev–Trinajstić information content (AvgIpc) is 3.36. The van der Waals surface area contributed by atoms with Gasteiger partial charge in [0.15, 0.2) is 0 Å². The number of nitrogens with one attached hydrogen (secondary N) is 1. The molecule has 3 aromatic carbocycles. The highest BCUT2D eigenvalue weighted by molar-refractivity contribution is 7.89. The lowest BCUT2D eigenvalue weighted by atomic mass is 9.88. The van der Waals surface area contributed by atoms with Gasteiger partial charge in [-0.1, -0.05) is 43.3 Å². The van der Waals surface area contributed by atoms with Crippen LogP contribution in [0.1, 0.15) is 55.9 Å². The molecule has 1 aliphatic carbocycles. The van der Waals surface area contributed by atoms with Gasteiger partial charge >= 0.3 is 5.97 Å². The van der Waals surface area contributed by atoms with Crippen LogP contribution in [0.5, 0.6) is 0 Å².